The van der Waals surface area contributed by atoms with E-state index in [1.165, 1.54) is 24.3 Å². The standard InChI is InChI=1S/C11H10F3NO3S/c12-11(13,14)10(17)15-8-4-2-1-3-7(8)9(16)18-5-6-19/h1-4,19H,5-6H2,(H,15,17). The van der Waals surface area contributed by atoms with Crippen LogP contribution >= 0.6 is 12.6 Å². The van der Waals surface area contributed by atoms with Crippen LogP contribution in [-0.4, -0.2) is 30.4 Å². The molecule has 1 amide bonds. The number of benzene rings is 1. The van der Waals surface area contributed by atoms with Gasteiger partial charge >= 0.3 is 18.1 Å². The average molecular weight is 293 g/mol. The molecule has 0 aliphatic carbocycles. The molecule has 0 saturated carbocycles. The molecule has 1 aromatic carbocycles. The molecule has 0 aliphatic rings. The first-order chi connectivity index (χ1) is 8.86. The Morgan fingerprint density at radius 2 is 1.89 bits per heavy atom. The van der Waals surface area contributed by atoms with Gasteiger partial charge in [-0.25, -0.2) is 4.79 Å². The number of carbonyl (C=O) groups is 2. The van der Waals surface area contributed by atoms with E-state index in [4.69, 9.17) is 4.74 Å². The molecule has 0 unspecified atom stereocenters. The molecular formula is C11H10F3NO3S. The summed E-state index contributed by atoms with van der Waals surface area (Å²) >= 11 is 3.83. The van der Waals surface area contributed by atoms with E-state index in [1.54, 1.807) is 5.32 Å². The minimum absolute atomic E-state index is 0.0174. The quantitative estimate of drug-likeness (QED) is 0.661. The summed E-state index contributed by atoms with van der Waals surface area (Å²) in [7, 11) is 0. The Balaban J connectivity index is 2.90. The van der Waals surface area contributed by atoms with Crippen LogP contribution in [0, 0.1) is 0 Å². The monoisotopic (exact) mass is 293 g/mol. The van der Waals surface area contributed by atoms with Crippen LogP contribution in [0.3, 0.4) is 0 Å². The van der Waals surface area contributed by atoms with Crippen LogP contribution in [0.4, 0.5) is 18.9 Å². The van der Waals surface area contributed by atoms with Crippen molar-refractivity contribution in [2.75, 3.05) is 17.7 Å². The molecule has 4 nitrogen and oxygen atoms in total. The lowest BCUT2D eigenvalue weighted by atomic mass is 10.2. The van der Waals surface area contributed by atoms with Crippen molar-refractivity contribution in [3.8, 4) is 0 Å². The summed E-state index contributed by atoms with van der Waals surface area (Å²) in [6.45, 7) is 0.0174. The van der Waals surface area contributed by atoms with Gasteiger partial charge in [0.05, 0.1) is 11.3 Å². The van der Waals surface area contributed by atoms with Crippen LogP contribution in [0.5, 0.6) is 0 Å². The number of amides is 1. The highest BCUT2D eigenvalue weighted by Crippen LogP contribution is 2.21. The van der Waals surface area contributed by atoms with Gasteiger partial charge in [0, 0.05) is 5.75 Å². The number of alkyl halides is 3. The summed E-state index contributed by atoms with van der Waals surface area (Å²) in [5.41, 5.74) is -0.407. The summed E-state index contributed by atoms with van der Waals surface area (Å²) in [6.07, 6.45) is -5.03. The first kappa shape index (κ1) is 15.4. The van der Waals surface area contributed by atoms with E-state index in [0.29, 0.717) is 0 Å². The van der Waals surface area contributed by atoms with Gasteiger partial charge in [-0.2, -0.15) is 25.8 Å². The molecule has 1 rings (SSSR count). The van der Waals surface area contributed by atoms with Gasteiger partial charge in [0.1, 0.15) is 6.61 Å². The molecule has 104 valence electrons. The van der Waals surface area contributed by atoms with Crippen molar-refractivity contribution in [2.45, 2.75) is 6.18 Å². The number of hydrogen-bond acceptors (Lipinski definition) is 4. The Hall–Kier alpha value is -1.70. The van der Waals surface area contributed by atoms with E-state index >= 15 is 0 Å². The maximum atomic E-state index is 12.1. The fraction of sp³-hybridized carbons (Fsp3) is 0.273. The van der Waals surface area contributed by atoms with Crippen molar-refractivity contribution in [3.63, 3.8) is 0 Å². The summed E-state index contributed by atoms with van der Waals surface area (Å²) < 4.78 is 41.1. The summed E-state index contributed by atoms with van der Waals surface area (Å²) in [4.78, 5) is 22.4. The maximum absolute atomic E-state index is 12.1. The molecule has 0 fully saturated rings. The number of thiol groups is 1. The van der Waals surface area contributed by atoms with E-state index in [2.05, 4.69) is 12.6 Å². The van der Waals surface area contributed by atoms with Crippen LogP contribution in [-0.2, 0) is 9.53 Å². The molecular weight excluding hydrogens is 283 g/mol. The van der Waals surface area contributed by atoms with Gasteiger partial charge in [-0.15, -0.1) is 0 Å². The van der Waals surface area contributed by atoms with Gasteiger partial charge in [-0.05, 0) is 12.1 Å². The van der Waals surface area contributed by atoms with Crippen LogP contribution in [0.25, 0.3) is 0 Å². The highest BCUT2D eigenvalue weighted by molar-refractivity contribution is 7.80. The largest absolute Gasteiger partial charge is 0.471 e. The topological polar surface area (TPSA) is 55.4 Å². The fourth-order valence-electron chi connectivity index (χ4n) is 1.18. The Morgan fingerprint density at radius 3 is 2.47 bits per heavy atom. The zero-order valence-corrected chi connectivity index (χ0v) is 10.4. The van der Waals surface area contributed by atoms with E-state index in [9.17, 15) is 22.8 Å². The number of para-hydroxylation sites is 1. The van der Waals surface area contributed by atoms with Gasteiger partial charge in [0.2, 0.25) is 0 Å². The third-order valence-corrected chi connectivity index (χ3v) is 2.16. The van der Waals surface area contributed by atoms with Crippen molar-refractivity contribution in [1.29, 1.82) is 0 Å². The first-order valence-electron chi connectivity index (χ1n) is 5.11. The summed E-state index contributed by atoms with van der Waals surface area (Å²) in [5.74, 6) is -2.70. The number of ether oxygens (including phenoxy) is 1. The Morgan fingerprint density at radius 1 is 1.26 bits per heavy atom. The minimum atomic E-state index is -5.03. The Kier molecular flexibility index (Phi) is 5.22. The fourth-order valence-corrected chi connectivity index (χ4v) is 1.27. The number of carbonyl (C=O) groups excluding carboxylic acids is 2. The lowest BCUT2D eigenvalue weighted by molar-refractivity contribution is -0.167. The SMILES string of the molecule is O=C(OCCS)c1ccccc1NC(=O)C(F)(F)F. The molecule has 0 spiro atoms. The lowest BCUT2D eigenvalue weighted by Gasteiger charge is -2.11. The first-order valence-corrected chi connectivity index (χ1v) is 5.74. The van der Waals surface area contributed by atoms with Crippen molar-refractivity contribution in [1.82, 2.24) is 0 Å². The number of rotatable bonds is 4. The smallest absolute Gasteiger partial charge is 0.461 e. The Labute approximate surface area is 112 Å². The maximum Gasteiger partial charge on any atom is 0.471 e. The normalized spacial score (nSPS) is 10.9. The van der Waals surface area contributed by atoms with Crippen molar-refractivity contribution in [2.24, 2.45) is 0 Å². The second-order valence-corrected chi connectivity index (χ2v) is 3.80. The lowest BCUT2D eigenvalue weighted by Crippen LogP contribution is -2.30. The predicted octanol–water partition coefficient (Wildman–Crippen LogP) is 2.27. The van der Waals surface area contributed by atoms with E-state index in [0.717, 1.165) is 0 Å². The number of hydrogen-bond donors (Lipinski definition) is 2. The zero-order chi connectivity index (χ0) is 14.5. The molecule has 0 atom stereocenters. The highest BCUT2D eigenvalue weighted by Gasteiger charge is 2.39. The van der Waals surface area contributed by atoms with Crippen LogP contribution in [0.2, 0.25) is 0 Å². The van der Waals surface area contributed by atoms with Crippen molar-refractivity contribution >= 4 is 30.2 Å². The number of halogens is 3. The third kappa shape index (κ3) is 4.47. The second kappa shape index (κ2) is 6.46. The van der Waals surface area contributed by atoms with E-state index in [-0.39, 0.29) is 23.6 Å². The van der Waals surface area contributed by atoms with Crippen molar-refractivity contribution < 1.29 is 27.5 Å². The van der Waals surface area contributed by atoms with Gasteiger partial charge < -0.3 is 10.1 Å². The molecule has 19 heavy (non-hydrogen) atoms. The molecule has 0 bridgehead atoms. The highest BCUT2D eigenvalue weighted by atomic mass is 32.1. The minimum Gasteiger partial charge on any atom is -0.461 e. The second-order valence-electron chi connectivity index (χ2n) is 3.36. The van der Waals surface area contributed by atoms with Gasteiger partial charge in [-0.1, -0.05) is 12.1 Å². The Bertz CT molecular complexity index is 476. The summed E-state index contributed by atoms with van der Waals surface area (Å²) in [6, 6.07) is 5.27. The zero-order valence-electron chi connectivity index (χ0n) is 9.53. The average Bonchev–Trinajstić information content (AvgIpc) is 2.35. The molecule has 0 saturated heterocycles. The van der Waals surface area contributed by atoms with Crippen LogP contribution in [0.1, 0.15) is 10.4 Å². The third-order valence-electron chi connectivity index (χ3n) is 1.98. The van der Waals surface area contributed by atoms with E-state index < -0.39 is 18.1 Å². The van der Waals surface area contributed by atoms with Crippen molar-refractivity contribution in [3.05, 3.63) is 29.8 Å². The predicted molar refractivity (Wildman–Crippen MR) is 65.3 cm³/mol. The molecule has 0 heterocycles. The van der Waals surface area contributed by atoms with Gasteiger partial charge in [0.25, 0.3) is 0 Å². The molecule has 1 N–H and O–H groups in total. The summed E-state index contributed by atoms with van der Waals surface area (Å²) in [5, 5.41) is 1.62. The molecule has 8 heteroatoms. The molecule has 0 aliphatic heterocycles. The molecule has 0 aromatic heterocycles. The van der Waals surface area contributed by atoms with E-state index in [1.807, 2.05) is 0 Å². The van der Waals surface area contributed by atoms with Gasteiger partial charge in [0.15, 0.2) is 0 Å². The molecule has 1 aromatic rings. The van der Waals surface area contributed by atoms with Crippen LogP contribution in [0.15, 0.2) is 24.3 Å². The molecule has 0 radical (unpaired) electrons. The van der Waals surface area contributed by atoms with Gasteiger partial charge in [-0.3, -0.25) is 4.79 Å². The number of anilines is 1. The number of esters is 1. The van der Waals surface area contributed by atoms with Crippen LogP contribution < -0.4 is 5.32 Å². The number of nitrogens with one attached hydrogen (secondary N) is 1.